The van der Waals surface area contributed by atoms with Crippen LogP contribution in [-0.4, -0.2) is 40.7 Å². The van der Waals surface area contributed by atoms with Gasteiger partial charge in [-0.3, -0.25) is 0 Å². The van der Waals surface area contributed by atoms with E-state index in [9.17, 15) is 5.11 Å². The second-order valence-corrected chi connectivity index (χ2v) is 14.0. The highest BCUT2D eigenvalue weighted by Gasteiger charge is 2.23. The minimum atomic E-state index is -0.605. The second-order valence-electron chi connectivity index (χ2n) is 14.0. The maximum atomic E-state index is 10.9. The molecule has 0 amide bonds. The molecule has 0 aliphatic carbocycles. The summed E-state index contributed by atoms with van der Waals surface area (Å²) in [6, 6.07) is 0. The zero-order chi connectivity index (χ0) is 32.7. The summed E-state index contributed by atoms with van der Waals surface area (Å²) in [4.78, 5) is 0. The van der Waals surface area contributed by atoms with E-state index in [4.69, 9.17) is 15.9 Å². The number of rotatable bonds is 36. The van der Waals surface area contributed by atoms with Crippen LogP contribution in [0.4, 0.5) is 0 Å². The topological polar surface area (TPSA) is 86.7 Å². The van der Waals surface area contributed by atoms with Gasteiger partial charge in [0.15, 0.2) is 0 Å². The van der Waals surface area contributed by atoms with Crippen LogP contribution in [0.1, 0.15) is 232 Å². The van der Waals surface area contributed by atoms with E-state index in [1.807, 2.05) is 0 Å². The van der Waals surface area contributed by atoms with Crippen molar-refractivity contribution < 1.29 is 15.3 Å². The van der Waals surface area contributed by atoms with Crippen LogP contribution in [0.5, 0.6) is 0 Å². The molecule has 0 atom stereocenters. The van der Waals surface area contributed by atoms with Crippen molar-refractivity contribution in [1.82, 2.24) is 0 Å². The molecule has 0 aromatic heterocycles. The van der Waals surface area contributed by atoms with E-state index in [0.717, 1.165) is 25.7 Å². The molecule has 44 heavy (non-hydrogen) atoms. The van der Waals surface area contributed by atoms with Crippen molar-refractivity contribution in [2.45, 2.75) is 238 Å². The standard InChI is InChI=1S/C38H79NO.C2H6O2/c1-3-5-7-9-11-13-15-17-19-21-23-25-27-29-31-33-35-38(40,37-39)36-34-32-30-28-26-24-22-20-18-16-14-12-10-8-6-4-2;3-1-2-4/h40H,3-37,39H2,1-2H3;3-4H,1-2H2. The molecule has 0 heterocycles. The fourth-order valence-corrected chi connectivity index (χ4v) is 6.33. The quantitative estimate of drug-likeness (QED) is 0.0520. The first-order valence-electron chi connectivity index (χ1n) is 20.2. The summed E-state index contributed by atoms with van der Waals surface area (Å²) < 4.78 is 0. The summed E-state index contributed by atoms with van der Waals surface area (Å²) >= 11 is 0. The molecule has 0 bridgehead atoms. The van der Waals surface area contributed by atoms with Crippen molar-refractivity contribution in [3.8, 4) is 0 Å². The first kappa shape index (κ1) is 46.0. The highest BCUT2D eigenvalue weighted by molar-refractivity contribution is 4.79. The van der Waals surface area contributed by atoms with Gasteiger partial charge in [-0.2, -0.15) is 0 Å². The molecule has 0 unspecified atom stereocenters. The summed E-state index contributed by atoms with van der Waals surface area (Å²) in [5, 5.41) is 26.2. The Labute approximate surface area is 278 Å². The highest BCUT2D eigenvalue weighted by Crippen LogP contribution is 2.23. The smallest absolute Gasteiger partial charge is 0.0769 e. The molecule has 0 radical (unpaired) electrons. The van der Waals surface area contributed by atoms with Gasteiger partial charge in [0, 0.05) is 6.54 Å². The number of aliphatic hydroxyl groups is 3. The SMILES string of the molecule is CCCCCCCCCCCCCCCCCCC(O)(CN)CCCCCCCCCCCCCCCCCC.OCCO. The molecule has 268 valence electrons. The van der Waals surface area contributed by atoms with E-state index >= 15 is 0 Å². The van der Waals surface area contributed by atoms with Crippen LogP contribution in [0.25, 0.3) is 0 Å². The van der Waals surface area contributed by atoms with Crippen LogP contribution < -0.4 is 5.73 Å². The maximum absolute atomic E-state index is 10.9. The van der Waals surface area contributed by atoms with Gasteiger partial charge in [0.05, 0.1) is 18.8 Å². The van der Waals surface area contributed by atoms with E-state index in [1.165, 1.54) is 193 Å². The van der Waals surface area contributed by atoms with Gasteiger partial charge in [-0.25, -0.2) is 0 Å². The summed E-state index contributed by atoms with van der Waals surface area (Å²) in [7, 11) is 0. The Balaban J connectivity index is 0. The van der Waals surface area contributed by atoms with Crippen molar-refractivity contribution in [1.29, 1.82) is 0 Å². The Hall–Kier alpha value is -0.160. The third-order valence-corrected chi connectivity index (χ3v) is 9.47. The average molecular weight is 628 g/mol. The molecule has 4 heteroatoms. The predicted octanol–water partition coefficient (Wildman–Crippen LogP) is 12.0. The first-order chi connectivity index (χ1) is 21.6. The second kappa shape index (κ2) is 40.9. The van der Waals surface area contributed by atoms with Gasteiger partial charge in [-0.1, -0.05) is 219 Å². The lowest BCUT2D eigenvalue weighted by Gasteiger charge is -2.26. The molecule has 0 aliphatic rings. The van der Waals surface area contributed by atoms with Crippen LogP contribution >= 0.6 is 0 Å². The fraction of sp³-hybridized carbons (Fsp3) is 1.00. The van der Waals surface area contributed by atoms with Gasteiger partial charge in [0.2, 0.25) is 0 Å². The predicted molar refractivity (Wildman–Crippen MR) is 197 cm³/mol. The van der Waals surface area contributed by atoms with Crippen LogP contribution in [0.15, 0.2) is 0 Å². The van der Waals surface area contributed by atoms with Crippen molar-refractivity contribution in [2.24, 2.45) is 5.73 Å². The van der Waals surface area contributed by atoms with Crippen molar-refractivity contribution in [3.63, 3.8) is 0 Å². The van der Waals surface area contributed by atoms with Gasteiger partial charge in [0.1, 0.15) is 0 Å². The number of unbranched alkanes of at least 4 members (excludes halogenated alkanes) is 30. The lowest BCUT2D eigenvalue weighted by Crippen LogP contribution is -2.37. The van der Waals surface area contributed by atoms with Crippen molar-refractivity contribution in [2.75, 3.05) is 19.8 Å². The largest absolute Gasteiger partial charge is 0.394 e. The van der Waals surface area contributed by atoms with Gasteiger partial charge < -0.3 is 21.1 Å². The van der Waals surface area contributed by atoms with Crippen LogP contribution in [0.2, 0.25) is 0 Å². The van der Waals surface area contributed by atoms with Gasteiger partial charge in [-0.15, -0.1) is 0 Å². The molecular formula is C40H85NO3. The Bertz CT molecular complexity index is 449. The molecule has 5 N–H and O–H groups in total. The lowest BCUT2D eigenvalue weighted by molar-refractivity contribution is 0.0264. The van der Waals surface area contributed by atoms with E-state index < -0.39 is 5.60 Å². The molecular weight excluding hydrogens is 542 g/mol. The third-order valence-electron chi connectivity index (χ3n) is 9.47. The van der Waals surface area contributed by atoms with E-state index in [0.29, 0.717) is 6.54 Å². The third kappa shape index (κ3) is 39.9. The van der Waals surface area contributed by atoms with Gasteiger partial charge in [-0.05, 0) is 12.8 Å². The molecule has 0 fully saturated rings. The molecule has 0 spiro atoms. The zero-order valence-corrected chi connectivity index (χ0v) is 30.6. The Morgan fingerprint density at radius 3 is 0.682 bits per heavy atom. The molecule has 0 rings (SSSR count). The van der Waals surface area contributed by atoms with E-state index in [2.05, 4.69) is 13.8 Å². The summed E-state index contributed by atoms with van der Waals surface area (Å²) in [5.74, 6) is 0. The molecule has 0 saturated heterocycles. The fourth-order valence-electron chi connectivity index (χ4n) is 6.33. The summed E-state index contributed by atoms with van der Waals surface area (Å²) in [6.45, 7) is 4.78. The Morgan fingerprint density at radius 2 is 0.523 bits per heavy atom. The van der Waals surface area contributed by atoms with E-state index in [1.54, 1.807) is 0 Å². The van der Waals surface area contributed by atoms with Crippen LogP contribution in [0.3, 0.4) is 0 Å². The minimum Gasteiger partial charge on any atom is -0.394 e. The molecule has 0 aliphatic heterocycles. The first-order valence-corrected chi connectivity index (χ1v) is 20.2. The molecule has 0 aromatic carbocycles. The van der Waals surface area contributed by atoms with Crippen molar-refractivity contribution in [3.05, 3.63) is 0 Å². The Morgan fingerprint density at radius 1 is 0.341 bits per heavy atom. The molecule has 0 saturated carbocycles. The number of hydrogen-bond donors (Lipinski definition) is 4. The normalized spacial score (nSPS) is 11.6. The monoisotopic (exact) mass is 628 g/mol. The van der Waals surface area contributed by atoms with Crippen LogP contribution in [0, 0.1) is 0 Å². The van der Waals surface area contributed by atoms with Crippen LogP contribution in [-0.2, 0) is 0 Å². The number of aliphatic hydroxyl groups excluding tert-OH is 2. The highest BCUT2D eigenvalue weighted by atomic mass is 16.3. The lowest BCUT2D eigenvalue weighted by atomic mass is 9.89. The molecule has 4 nitrogen and oxygen atoms in total. The maximum Gasteiger partial charge on any atom is 0.0769 e. The van der Waals surface area contributed by atoms with E-state index in [-0.39, 0.29) is 13.2 Å². The Kier molecular flexibility index (Phi) is 42.7. The van der Waals surface area contributed by atoms with Gasteiger partial charge in [0.25, 0.3) is 0 Å². The summed E-state index contributed by atoms with van der Waals surface area (Å²) in [5.41, 5.74) is 5.38. The molecule has 0 aromatic rings. The number of hydrogen-bond acceptors (Lipinski definition) is 4. The zero-order valence-electron chi connectivity index (χ0n) is 30.6. The average Bonchev–Trinajstić information content (AvgIpc) is 3.04. The minimum absolute atomic E-state index is 0.125. The van der Waals surface area contributed by atoms with Crippen molar-refractivity contribution >= 4 is 0 Å². The van der Waals surface area contributed by atoms with Gasteiger partial charge >= 0.3 is 0 Å². The summed E-state index contributed by atoms with van der Waals surface area (Å²) in [6.07, 6.45) is 46.4. The number of nitrogens with two attached hydrogens (primary N) is 1.